The van der Waals surface area contributed by atoms with E-state index in [2.05, 4.69) is 4.90 Å². The number of benzene rings is 1. The van der Waals surface area contributed by atoms with Crippen LogP contribution < -0.4 is 10.5 Å². The van der Waals surface area contributed by atoms with E-state index in [4.69, 9.17) is 10.5 Å². The summed E-state index contributed by atoms with van der Waals surface area (Å²) in [5.74, 6) is 0.311. The third-order valence-corrected chi connectivity index (χ3v) is 5.13. The van der Waals surface area contributed by atoms with Crippen LogP contribution in [-0.4, -0.2) is 55.0 Å². The number of piperazine rings is 1. The van der Waals surface area contributed by atoms with E-state index in [0.29, 0.717) is 6.54 Å². The lowest BCUT2D eigenvalue weighted by Gasteiger charge is -2.36. The van der Waals surface area contributed by atoms with Crippen molar-refractivity contribution in [3.63, 3.8) is 0 Å². The maximum Gasteiger partial charge on any atom is 0.225 e. The molecule has 2 aliphatic rings. The Morgan fingerprint density at radius 2 is 2.04 bits per heavy atom. The molecular weight excluding hydrogens is 309 g/mol. The van der Waals surface area contributed by atoms with Gasteiger partial charge in [-0.25, -0.2) is 4.39 Å². The van der Waals surface area contributed by atoms with Gasteiger partial charge in [-0.05, 0) is 37.0 Å². The molecule has 2 fully saturated rings. The molecule has 2 N–H and O–H groups in total. The highest BCUT2D eigenvalue weighted by molar-refractivity contribution is 5.79. The van der Waals surface area contributed by atoms with Gasteiger partial charge in [-0.1, -0.05) is 6.07 Å². The molecule has 1 saturated carbocycles. The molecular formula is C18H26FN3O2. The first-order valence-corrected chi connectivity index (χ1v) is 8.66. The first kappa shape index (κ1) is 17.2. The summed E-state index contributed by atoms with van der Waals surface area (Å²) < 4.78 is 18.7. The molecule has 2 atom stereocenters. The number of hydrogen-bond acceptors (Lipinski definition) is 4. The van der Waals surface area contributed by atoms with E-state index in [1.807, 2.05) is 11.0 Å². The Bertz CT molecular complexity index is 588. The molecule has 1 aliphatic heterocycles. The van der Waals surface area contributed by atoms with Crippen LogP contribution in [-0.2, 0) is 11.3 Å². The fraction of sp³-hybridized carbons (Fsp3) is 0.611. The van der Waals surface area contributed by atoms with Crippen LogP contribution in [0.4, 0.5) is 4.39 Å². The molecule has 3 rings (SSSR count). The summed E-state index contributed by atoms with van der Waals surface area (Å²) in [5.41, 5.74) is 6.84. The van der Waals surface area contributed by atoms with Crippen molar-refractivity contribution < 1.29 is 13.9 Å². The quantitative estimate of drug-likeness (QED) is 0.908. The molecule has 1 heterocycles. The topological polar surface area (TPSA) is 58.8 Å². The lowest BCUT2D eigenvalue weighted by atomic mass is 10.1. The largest absolute Gasteiger partial charge is 0.494 e. The molecule has 6 heteroatoms. The molecule has 0 bridgehead atoms. The van der Waals surface area contributed by atoms with E-state index >= 15 is 0 Å². The highest BCUT2D eigenvalue weighted by atomic mass is 19.1. The van der Waals surface area contributed by atoms with Gasteiger partial charge in [-0.2, -0.15) is 0 Å². The van der Waals surface area contributed by atoms with Crippen molar-refractivity contribution in [2.45, 2.75) is 31.8 Å². The smallest absolute Gasteiger partial charge is 0.225 e. The number of hydrogen-bond donors (Lipinski definition) is 1. The number of methoxy groups -OCH3 is 1. The van der Waals surface area contributed by atoms with Crippen LogP contribution in [0.25, 0.3) is 0 Å². The molecule has 0 radical (unpaired) electrons. The van der Waals surface area contributed by atoms with Crippen LogP contribution >= 0.6 is 0 Å². The summed E-state index contributed by atoms with van der Waals surface area (Å²) in [7, 11) is 1.46. The van der Waals surface area contributed by atoms with Crippen molar-refractivity contribution in [2.75, 3.05) is 33.3 Å². The van der Waals surface area contributed by atoms with Gasteiger partial charge in [0, 0.05) is 44.7 Å². The van der Waals surface area contributed by atoms with Gasteiger partial charge in [-0.15, -0.1) is 0 Å². The molecule has 1 amide bonds. The van der Waals surface area contributed by atoms with Gasteiger partial charge in [0.05, 0.1) is 7.11 Å². The highest BCUT2D eigenvalue weighted by Gasteiger charge is 2.32. The summed E-state index contributed by atoms with van der Waals surface area (Å²) in [6.45, 7) is 3.81. The van der Waals surface area contributed by atoms with Gasteiger partial charge >= 0.3 is 0 Å². The zero-order valence-corrected chi connectivity index (χ0v) is 14.2. The lowest BCUT2D eigenvalue weighted by Crippen LogP contribution is -2.49. The van der Waals surface area contributed by atoms with Gasteiger partial charge in [-0.3, -0.25) is 9.69 Å². The van der Waals surface area contributed by atoms with E-state index in [9.17, 15) is 9.18 Å². The fourth-order valence-electron chi connectivity index (χ4n) is 3.69. The van der Waals surface area contributed by atoms with Crippen molar-refractivity contribution >= 4 is 5.91 Å². The zero-order chi connectivity index (χ0) is 17.1. The molecule has 1 aromatic carbocycles. The minimum absolute atomic E-state index is 0.113. The molecule has 5 nitrogen and oxygen atoms in total. The van der Waals surface area contributed by atoms with Crippen molar-refractivity contribution in [3.8, 4) is 5.75 Å². The Morgan fingerprint density at radius 3 is 2.62 bits per heavy atom. The Morgan fingerprint density at radius 1 is 1.29 bits per heavy atom. The molecule has 1 aliphatic carbocycles. The predicted molar refractivity (Wildman–Crippen MR) is 90.1 cm³/mol. The van der Waals surface area contributed by atoms with Crippen molar-refractivity contribution in [3.05, 3.63) is 29.6 Å². The molecule has 24 heavy (non-hydrogen) atoms. The second kappa shape index (κ2) is 7.49. The van der Waals surface area contributed by atoms with Gasteiger partial charge in [0.15, 0.2) is 11.6 Å². The van der Waals surface area contributed by atoms with Gasteiger partial charge in [0.2, 0.25) is 5.91 Å². The summed E-state index contributed by atoms with van der Waals surface area (Å²) >= 11 is 0. The van der Waals surface area contributed by atoms with E-state index in [0.717, 1.165) is 51.0 Å². The Hall–Kier alpha value is -1.66. The second-order valence-corrected chi connectivity index (χ2v) is 6.84. The SMILES string of the molecule is COc1ccc(CN2CCN(C(=O)[C@@H]3CC[C@@H](N)C3)CC2)cc1F. The molecule has 0 aromatic heterocycles. The van der Waals surface area contributed by atoms with Crippen molar-refractivity contribution in [2.24, 2.45) is 11.7 Å². The maximum atomic E-state index is 13.8. The first-order valence-electron chi connectivity index (χ1n) is 8.66. The number of nitrogens with zero attached hydrogens (tertiary/aromatic N) is 2. The lowest BCUT2D eigenvalue weighted by molar-refractivity contribution is -0.137. The van der Waals surface area contributed by atoms with Gasteiger partial charge in [0.25, 0.3) is 0 Å². The van der Waals surface area contributed by atoms with Gasteiger partial charge in [0.1, 0.15) is 0 Å². The average molecular weight is 335 g/mol. The van der Waals surface area contributed by atoms with Crippen LogP contribution in [0, 0.1) is 11.7 Å². The van der Waals surface area contributed by atoms with Crippen LogP contribution in [0.1, 0.15) is 24.8 Å². The molecule has 0 spiro atoms. The summed E-state index contributed by atoms with van der Waals surface area (Å²) in [5, 5.41) is 0. The molecule has 0 unspecified atom stereocenters. The van der Waals surface area contributed by atoms with Crippen molar-refractivity contribution in [1.82, 2.24) is 9.80 Å². The molecule has 1 aromatic rings. The number of rotatable bonds is 4. The van der Waals surface area contributed by atoms with Crippen LogP contribution in [0.3, 0.4) is 0 Å². The van der Waals surface area contributed by atoms with Crippen LogP contribution in [0.2, 0.25) is 0 Å². The summed E-state index contributed by atoms with van der Waals surface area (Å²) in [6.07, 6.45) is 2.70. The number of halogens is 1. The number of carbonyl (C=O) groups is 1. The summed E-state index contributed by atoms with van der Waals surface area (Å²) in [4.78, 5) is 16.7. The zero-order valence-electron chi connectivity index (χ0n) is 14.2. The Kier molecular flexibility index (Phi) is 5.36. The number of ether oxygens (including phenoxy) is 1. The van der Waals surface area contributed by atoms with E-state index in [-0.39, 0.29) is 29.4 Å². The second-order valence-electron chi connectivity index (χ2n) is 6.84. The Balaban J connectivity index is 1.50. The average Bonchev–Trinajstić information content (AvgIpc) is 3.02. The predicted octanol–water partition coefficient (Wildman–Crippen LogP) is 1.61. The molecule has 1 saturated heterocycles. The highest BCUT2D eigenvalue weighted by Crippen LogP contribution is 2.26. The fourth-order valence-corrected chi connectivity index (χ4v) is 3.69. The Labute approximate surface area is 142 Å². The van der Waals surface area contributed by atoms with E-state index in [1.54, 1.807) is 6.07 Å². The van der Waals surface area contributed by atoms with E-state index < -0.39 is 0 Å². The minimum Gasteiger partial charge on any atom is -0.494 e. The molecule has 132 valence electrons. The monoisotopic (exact) mass is 335 g/mol. The van der Waals surface area contributed by atoms with Crippen molar-refractivity contribution in [1.29, 1.82) is 0 Å². The van der Waals surface area contributed by atoms with E-state index in [1.165, 1.54) is 13.2 Å². The number of amides is 1. The maximum absolute atomic E-state index is 13.8. The minimum atomic E-state index is -0.332. The normalized spacial score (nSPS) is 25.0. The van der Waals surface area contributed by atoms with Crippen LogP contribution in [0.5, 0.6) is 5.75 Å². The van der Waals surface area contributed by atoms with Gasteiger partial charge < -0.3 is 15.4 Å². The third-order valence-electron chi connectivity index (χ3n) is 5.13. The number of nitrogens with two attached hydrogens (primary N) is 1. The van der Waals surface area contributed by atoms with Crippen LogP contribution in [0.15, 0.2) is 18.2 Å². The third kappa shape index (κ3) is 3.87. The number of carbonyl (C=O) groups excluding carboxylic acids is 1. The summed E-state index contributed by atoms with van der Waals surface area (Å²) in [6, 6.07) is 5.26. The standard InChI is InChI=1S/C18H26FN3O2/c1-24-17-5-2-13(10-16(17)19)12-21-6-8-22(9-7-21)18(23)14-3-4-15(20)11-14/h2,5,10,14-15H,3-4,6-9,11-12,20H2,1H3/t14-,15-/m1/s1. The first-order chi connectivity index (χ1) is 11.6.